The van der Waals surface area contributed by atoms with Crippen LogP contribution in [0.25, 0.3) is 0 Å². The van der Waals surface area contributed by atoms with E-state index in [9.17, 15) is 23.5 Å². The number of likely N-dealkylation sites (N-methyl/N-ethyl adjacent to an activating group) is 1. The van der Waals surface area contributed by atoms with Gasteiger partial charge in [0.2, 0.25) is 11.8 Å². The van der Waals surface area contributed by atoms with E-state index >= 15 is 0 Å². The third kappa shape index (κ3) is 5.00. The van der Waals surface area contributed by atoms with E-state index in [1.165, 1.54) is 5.01 Å². The molecule has 5 aliphatic rings. The van der Waals surface area contributed by atoms with Crippen LogP contribution in [0.5, 0.6) is 0 Å². The fraction of sp³-hybridized carbons (Fsp3) is 0.909. The number of hydrazine groups is 1. The van der Waals surface area contributed by atoms with Crippen molar-refractivity contribution in [3.05, 3.63) is 0 Å². The van der Waals surface area contributed by atoms with Crippen LogP contribution < -0.4 is 16.1 Å². The summed E-state index contributed by atoms with van der Waals surface area (Å²) in [5, 5.41) is 17.9. The Kier molecular flexibility index (Phi) is 7.23. The SMILES string of the molecule is CC1NN(C)C(C(=O)NC23CCC(NC(=O)COC4CCC(Cl)C(F)C4)(CC2)C[C@@H]3O)C1F. The predicted molar refractivity (Wildman–Crippen MR) is 118 cm³/mol. The lowest BCUT2D eigenvalue weighted by atomic mass is 9.59. The molecule has 1 aliphatic heterocycles. The molecular weight excluding hydrogens is 458 g/mol. The van der Waals surface area contributed by atoms with E-state index in [2.05, 4.69) is 16.1 Å². The van der Waals surface area contributed by atoms with Gasteiger partial charge in [-0.15, -0.1) is 11.6 Å². The molecule has 4 saturated carbocycles. The summed E-state index contributed by atoms with van der Waals surface area (Å²) in [5.41, 5.74) is 1.52. The number of nitrogens with one attached hydrogen (secondary N) is 3. The molecule has 0 aromatic heterocycles. The van der Waals surface area contributed by atoms with Gasteiger partial charge < -0.3 is 20.5 Å². The van der Waals surface area contributed by atoms with Crippen molar-refractivity contribution in [2.24, 2.45) is 0 Å². The normalized spacial score (nSPS) is 45.7. The molecule has 4 N–H and O–H groups in total. The molecule has 0 aromatic rings. The van der Waals surface area contributed by atoms with Gasteiger partial charge in [-0.25, -0.2) is 19.2 Å². The van der Waals surface area contributed by atoms with Gasteiger partial charge >= 0.3 is 0 Å². The summed E-state index contributed by atoms with van der Waals surface area (Å²) in [6, 6.07) is -1.42. The average Bonchev–Trinajstić information content (AvgIpc) is 3.01. The minimum absolute atomic E-state index is 0.166. The first-order valence-corrected chi connectivity index (χ1v) is 12.3. The van der Waals surface area contributed by atoms with Crippen molar-refractivity contribution in [1.29, 1.82) is 0 Å². The molecule has 0 radical (unpaired) electrons. The van der Waals surface area contributed by atoms with Crippen molar-refractivity contribution in [3.63, 3.8) is 0 Å². The number of alkyl halides is 3. The summed E-state index contributed by atoms with van der Waals surface area (Å²) in [4.78, 5) is 25.4. The van der Waals surface area contributed by atoms with E-state index in [1.807, 2.05) is 0 Å². The van der Waals surface area contributed by atoms with Crippen LogP contribution in [0.15, 0.2) is 0 Å². The summed E-state index contributed by atoms with van der Waals surface area (Å²) < 4.78 is 33.9. The van der Waals surface area contributed by atoms with Gasteiger partial charge in [-0.1, -0.05) is 0 Å². The molecule has 0 aromatic carbocycles. The molecule has 5 fully saturated rings. The Hall–Kier alpha value is -1.07. The number of rotatable bonds is 6. The lowest BCUT2D eigenvalue weighted by molar-refractivity contribution is -0.141. The molecule has 6 unspecified atom stereocenters. The average molecular weight is 493 g/mol. The highest BCUT2D eigenvalue weighted by atomic mass is 35.5. The fourth-order valence-electron chi connectivity index (χ4n) is 5.98. The van der Waals surface area contributed by atoms with E-state index in [4.69, 9.17) is 16.3 Å². The first-order valence-electron chi connectivity index (χ1n) is 11.9. The standard InChI is InChI=1S/C22H35ClF2N4O4/c1-12-18(25)19(29(2)28-12)20(32)27-22-7-5-21(6-8-22,10-16(22)30)26-17(31)11-33-13-3-4-14(23)15(24)9-13/h12-16,18-19,28,30H,3-11H2,1-2H3,(H,26,31)(H,27,32)/t12?,13?,14?,15?,16-,18?,19?,21?,22?/m0/s1. The van der Waals surface area contributed by atoms with E-state index in [0.29, 0.717) is 44.9 Å². The number of ether oxygens (including phenoxy) is 1. The topological polar surface area (TPSA) is 103 Å². The molecule has 11 heteroatoms. The monoisotopic (exact) mass is 492 g/mol. The Balaban J connectivity index is 1.29. The van der Waals surface area contributed by atoms with Crippen LogP contribution in [0, 0.1) is 0 Å². The first-order chi connectivity index (χ1) is 15.5. The predicted octanol–water partition coefficient (Wildman–Crippen LogP) is 1.09. The molecule has 8 nitrogen and oxygen atoms in total. The molecule has 1 saturated heterocycles. The van der Waals surface area contributed by atoms with Crippen LogP contribution in [-0.2, 0) is 14.3 Å². The smallest absolute Gasteiger partial charge is 0.246 e. The van der Waals surface area contributed by atoms with Crippen LogP contribution in [-0.4, -0.2) is 88.7 Å². The number of aliphatic hydroxyl groups is 1. The molecule has 2 amide bonds. The lowest BCUT2D eigenvalue weighted by Gasteiger charge is -2.56. The van der Waals surface area contributed by atoms with Crippen LogP contribution in [0.2, 0.25) is 0 Å². The largest absolute Gasteiger partial charge is 0.391 e. The van der Waals surface area contributed by atoms with Crippen molar-refractivity contribution in [3.8, 4) is 0 Å². The van der Waals surface area contributed by atoms with Crippen molar-refractivity contribution >= 4 is 23.4 Å². The number of carbonyl (C=O) groups is 2. The fourth-order valence-corrected chi connectivity index (χ4v) is 6.21. The maximum Gasteiger partial charge on any atom is 0.246 e. The molecule has 188 valence electrons. The maximum absolute atomic E-state index is 14.5. The van der Waals surface area contributed by atoms with Gasteiger partial charge in [-0.2, -0.15) is 0 Å². The van der Waals surface area contributed by atoms with Crippen LogP contribution in [0.4, 0.5) is 8.78 Å². The third-order valence-electron chi connectivity index (χ3n) is 8.07. The quantitative estimate of drug-likeness (QED) is 0.414. The number of halogens is 3. The molecule has 1 heterocycles. The molecule has 4 aliphatic carbocycles. The number of amides is 2. The van der Waals surface area contributed by atoms with Gasteiger partial charge in [-0.05, 0) is 51.9 Å². The van der Waals surface area contributed by atoms with Crippen LogP contribution >= 0.6 is 11.6 Å². The summed E-state index contributed by atoms with van der Waals surface area (Å²) in [7, 11) is 1.63. The van der Waals surface area contributed by atoms with Gasteiger partial charge in [0.15, 0.2) is 0 Å². The zero-order chi connectivity index (χ0) is 24.0. The highest BCUT2D eigenvalue weighted by Gasteiger charge is 2.56. The first kappa shape index (κ1) is 25.0. The van der Waals surface area contributed by atoms with Gasteiger partial charge in [-0.3, -0.25) is 9.59 Å². The molecule has 0 spiro atoms. The number of fused-ring (bicyclic) bond motifs is 3. The molecule has 7 atom stereocenters. The lowest BCUT2D eigenvalue weighted by Crippen LogP contribution is -2.71. The Labute approximate surface area is 198 Å². The molecular formula is C22H35ClF2N4O4. The number of aliphatic hydroxyl groups excluding tert-OH is 1. The maximum atomic E-state index is 14.5. The van der Waals surface area contributed by atoms with E-state index in [1.54, 1.807) is 14.0 Å². The van der Waals surface area contributed by atoms with Gasteiger partial charge in [0, 0.05) is 19.0 Å². The second-order valence-corrected chi connectivity index (χ2v) is 11.0. The van der Waals surface area contributed by atoms with Crippen LogP contribution in [0.3, 0.4) is 0 Å². The van der Waals surface area contributed by atoms with E-state index in [-0.39, 0.29) is 25.0 Å². The summed E-state index contributed by atoms with van der Waals surface area (Å²) in [6.07, 6.45) is 0.144. The number of nitrogens with zero attached hydrogens (tertiary/aromatic N) is 1. The Morgan fingerprint density at radius 3 is 2.48 bits per heavy atom. The van der Waals surface area contributed by atoms with Crippen molar-refractivity contribution in [2.45, 2.75) is 111 Å². The van der Waals surface area contributed by atoms with E-state index in [0.717, 1.165) is 0 Å². The zero-order valence-corrected chi connectivity index (χ0v) is 19.9. The summed E-state index contributed by atoms with van der Waals surface area (Å²) in [6.45, 7) is 1.52. The molecule has 5 rings (SSSR count). The summed E-state index contributed by atoms with van der Waals surface area (Å²) in [5.74, 6) is -0.734. The van der Waals surface area contributed by atoms with Crippen molar-refractivity contribution in [2.75, 3.05) is 13.7 Å². The van der Waals surface area contributed by atoms with Gasteiger partial charge in [0.1, 0.15) is 25.0 Å². The second-order valence-electron chi connectivity index (χ2n) is 10.4. The molecule has 2 bridgehead atoms. The number of hydrogen-bond acceptors (Lipinski definition) is 6. The Bertz CT molecular complexity index is 754. The second kappa shape index (κ2) is 9.53. The van der Waals surface area contributed by atoms with Crippen molar-refractivity contribution < 1.29 is 28.2 Å². The highest BCUT2D eigenvalue weighted by molar-refractivity contribution is 6.21. The zero-order valence-electron chi connectivity index (χ0n) is 19.2. The van der Waals surface area contributed by atoms with Crippen molar-refractivity contribution in [1.82, 2.24) is 21.1 Å². The third-order valence-corrected chi connectivity index (χ3v) is 8.56. The van der Waals surface area contributed by atoms with E-state index < -0.39 is 52.9 Å². The van der Waals surface area contributed by atoms with Gasteiger partial charge in [0.25, 0.3) is 0 Å². The van der Waals surface area contributed by atoms with Gasteiger partial charge in [0.05, 0.1) is 29.2 Å². The minimum Gasteiger partial charge on any atom is -0.391 e. The summed E-state index contributed by atoms with van der Waals surface area (Å²) >= 11 is 5.90. The minimum atomic E-state index is -1.35. The molecule has 33 heavy (non-hydrogen) atoms. The highest BCUT2D eigenvalue weighted by Crippen LogP contribution is 2.47. The number of hydrogen-bond donors (Lipinski definition) is 4. The number of carbonyl (C=O) groups excluding carboxylic acids is 2. The Morgan fingerprint density at radius 2 is 1.91 bits per heavy atom. The van der Waals surface area contributed by atoms with Crippen LogP contribution in [0.1, 0.15) is 58.3 Å². The Morgan fingerprint density at radius 1 is 1.21 bits per heavy atom.